The van der Waals surface area contributed by atoms with E-state index in [9.17, 15) is 28.8 Å². The van der Waals surface area contributed by atoms with Crippen LogP contribution in [0.5, 0.6) is 0 Å². The molecule has 2 aliphatic carbocycles. The molecule has 15 nitrogen and oxygen atoms in total. The number of nitrogens with one attached hydrogen (secondary N) is 2. The van der Waals surface area contributed by atoms with E-state index >= 15 is 0 Å². The molecule has 0 aromatic carbocycles. The highest BCUT2D eigenvalue weighted by molar-refractivity contribution is 5.87. The Bertz CT molecular complexity index is 1320. The molecule has 0 heterocycles. The number of alkyl carbamates (subject to hydrolysis) is 2. The molecule has 2 amide bonds. The topological polar surface area (TPSA) is 191 Å². The maximum Gasteiger partial charge on any atom is 0.407 e. The number of carbonyl (C=O) groups is 6. The van der Waals surface area contributed by atoms with E-state index in [0.717, 1.165) is 38.5 Å². The second-order valence-electron chi connectivity index (χ2n) is 18.1. The first-order chi connectivity index (χ1) is 26.5. The van der Waals surface area contributed by atoms with Crippen LogP contribution >= 0.6 is 0 Å². The van der Waals surface area contributed by atoms with Crippen LogP contribution in [0.3, 0.4) is 0 Å². The van der Waals surface area contributed by atoms with Gasteiger partial charge in [0.15, 0.2) is 0 Å². The standard InChI is InChI=1S/C42H68N2O13/c1-29(2)35(47)54-17-15-52-33(45)19-31-21-39(5,6)25-41(9,23-31)27-43-37(49)56-13-11-51-12-14-57-38(50)44-28-42(10)24-32(22-40(7,8)26-42)20-34(46)53-16-18-55-36(48)30(3)4/h31-32H,1,3,11-28H2,2,4-10H3,(H,43,49)(H,44,50). The molecule has 0 aliphatic heterocycles. The molecule has 324 valence electrons. The molecule has 0 spiro atoms. The zero-order chi connectivity index (χ0) is 42.9. The van der Waals surface area contributed by atoms with E-state index in [4.69, 9.17) is 33.2 Å². The van der Waals surface area contributed by atoms with Crippen LogP contribution in [0.4, 0.5) is 9.59 Å². The number of rotatable bonds is 22. The minimum absolute atomic E-state index is 0.0156. The monoisotopic (exact) mass is 808 g/mol. The molecule has 2 N–H and O–H groups in total. The van der Waals surface area contributed by atoms with Gasteiger partial charge >= 0.3 is 36.1 Å². The molecule has 2 aliphatic rings. The number of hydrogen-bond donors (Lipinski definition) is 2. The van der Waals surface area contributed by atoms with Crippen LogP contribution in [0.15, 0.2) is 24.3 Å². The molecule has 2 fully saturated rings. The van der Waals surface area contributed by atoms with Gasteiger partial charge in [0.1, 0.15) is 39.6 Å². The van der Waals surface area contributed by atoms with E-state index in [1.54, 1.807) is 13.8 Å². The molecule has 4 atom stereocenters. The summed E-state index contributed by atoms with van der Waals surface area (Å²) in [5.41, 5.74) is -0.0647. The second kappa shape index (κ2) is 22.7. The maximum atomic E-state index is 12.5. The predicted octanol–water partition coefficient (Wildman–Crippen LogP) is 6.23. The van der Waals surface area contributed by atoms with Gasteiger partial charge in [0.25, 0.3) is 0 Å². The molecule has 0 saturated heterocycles. The van der Waals surface area contributed by atoms with Crippen LogP contribution in [0.1, 0.15) is 107 Å². The number of ether oxygens (including phenoxy) is 7. The van der Waals surface area contributed by atoms with Crippen LogP contribution in [-0.2, 0) is 52.3 Å². The quantitative estimate of drug-likeness (QED) is 0.0543. The van der Waals surface area contributed by atoms with Gasteiger partial charge in [-0.05, 0) is 85.9 Å². The van der Waals surface area contributed by atoms with E-state index in [-0.39, 0.29) is 122 Å². The molecule has 0 radical (unpaired) electrons. The zero-order valence-corrected chi connectivity index (χ0v) is 35.6. The van der Waals surface area contributed by atoms with E-state index in [0.29, 0.717) is 13.1 Å². The first-order valence-electron chi connectivity index (χ1n) is 19.9. The van der Waals surface area contributed by atoms with Crippen molar-refractivity contribution in [2.45, 2.75) is 107 Å². The van der Waals surface area contributed by atoms with Gasteiger partial charge in [0, 0.05) is 37.1 Å². The maximum absolute atomic E-state index is 12.5. The summed E-state index contributed by atoms with van der Waals surface area (Å²) in [6, 6.07) is 0. The fourth-order valence-corrected chi connectivity index (χ4v) is 8.84. The van der Waals surface area contributed by atoms with Gasteiger partial charge < -0.3 is 43.8 Å². The molecule has 2 saturated carbocycles. The highest BCUT2D eigenvalue weighted by Gasteiger charge is 2.43. The smallest absolute Gasteiger partial charge is 0.407 e. The first kappa shape index (κ1) is 49.0. The molecule has 15 heteroatoms. The minimum atomic E-state index is -0.570. The van der Waals surface area contributed by atoms with Gasteiger partial charge in [0.05, 0.1) is 13.2 Å². The van der Waals surface area contributed by atoms with Crippen LogP contribution in [0, 0.1) is 33.5 Å². The normalized spacial score (nSPS) is 23.5. The predicted molar refractivity (Wildman–Crippen MR) is 211 cm³/mol. The van der Waals surface area contributed by atoms with Crippen molar-refractivity contribution in [3.63, 3.8) is 0 Å². The summed E-state index contributed by atoms with van der Waals surface area (Å²) in [7, 11) is 0. The van der Waals surface area contributed by atoms with Crippen molar-refractivity contribution < 1.29 is 61.9 Å². The Labute approximate surface area is 338 Å². The van der Waals surface area contributed by atoms with Gasteiger partial charge in [-0.3, -0.25) is 9.59 Å². The van der Waals surface area contributed by atoms with Crippen molar-refractivity contribution in [3.05, 3.63) is 24.3 Å². The summed E-state index contributed by atoms with van der Waals surface area (Å²) in [5, 5.41) is 5.71. The number of amides is 2. The van der Waals surface area contributed by atoms with Crippen molar-refractivity contribution in [3.8, 4) is 0 Å². The summed E-state index contributed by atoms with van der Waals surface area (Å²) in [6.45, 7) is 23.8. The fourth-order valence-electron chi connectivity index (χ4n) is 8.84. The van der Waals surface area contributed by atoms with Crippen LogP contribution in [0.25, 0.3) is 0 Å². The fraction of sp³-hybridized carbons (Fsp3) is 0.762. The van der Waals surface area contributed by atoms with E-state index in [1.807, 2.05) is 0 Å². The highest BCUT2D eigenvalue weighted by atomic mass is 16.6. The molecule has 4 unspecified atom stereocenters. The number of hydrogen-bond acceptors (Lipinski definition) is 13. The van der Waals surface area contributed by atoms with Gasteiger partial charge in [-0.2, -0.15) is 0 Å². The van der Waals surface area contributed by atoms with Gasteiger partial charge in [-0.15, -0.1) is 0 Å². The molecule has 2 rings (SSSR count). The lowest BCUT2D eigenvalue weighted by molar-refractivity contribution is -0.151. The third-order valence-electron chi connectivity index (χ3n) is 10.1. The van der Waals surface area contributed by atoms with Gasteiger partial charge in [-0.25, -0.2) is 19.2 Å². The Morgan fingerprint density at radius 2 is 0.842 bits per heavy atom. The third kappa shape index (κ3) is 20.2. The summed E-state index contributed by atoms with van der Waals surface area (Å²) < 4.78 is 36.5. The third-order valence-corrected chi connectivity index (χ3v) is 10.1. The number of esters is 4. The van der Waals surface area contributed by atoms with Crippen LogP contribution in [-0.4, -0.2) is 102 Å². The zero-order valence-electron chi connectivity index (χ0n) is 35.6. The minimum Gasteiger partial charge on any atom is -0.462 e. The molecule has 57 heavy (non-hydrogen) atoms. The average molecular weight is 809 g/mol. The Hall–Kier alpha value is -4.14. The molecular formula is C42H68N2O13. The van der Waals surface area contributed by atoms with E-state index < -0.39 is 24.1 Å². The van der Waals surface area contributed by atoms with Crippen molar-refractivity contribution in [2.24, 2.45) is 33.5 Å². The van der Waals surface area contributed by atoms with E-state index in [2.05, 4.69) is 65.3 Å². The van der Waals surface area contributed by atoms with Gasteiger partial charge in [0.2, 0.25) is 0 Å². The van der Waals surface area contributed by atoms with E-state index in [1.165, 1.54) is 0 Å². The summed E-state index contributed by atoms with van der Waals surface area (Å²) in [5.74, 6) is -1.62. The summed E-state index contributed by atoms with van der Waals surface area (Å²) in [4.78, 5) is 72.9. The van der Waals surface area contributed by atoms with Crippen molar-refractivity contribution in [1.29, 1.82) is 0 Å². The Morgan fingerprint density at radius 3 is 1.19 bits per heavy atom. The van der Waals surface area contributed by atoms with Crippen LogP contribution < -0.4 is 10.6 Å². The number of carbonyl (C=O) groups excluding carboxylic acids is 6. The van der Waals surface area contributed by atoms with Crippen LogP contribution in [0.2, 0.25) is 0 Å². The molecule has 0 aromatic heterocycles. The summed E-state index contributed by atoms with van der Waals surface area (Å²) in [6.07, 6.45) is 4.17. The SMILES string of the molecule is C=C(C)C(=O)OCCOC(=O)CC1CC(C)(C)CC(C)(CNC(=O)OCCOCCOC(=O)NCC2(C)CC(CC(=O)OCCOC(=O)C(=C)C)CC(C)(C)C2)C1. The lowest BCUT2D eigenvalue weighted by atomic mass is 9.60. The lowest BCUT2D eigenvalue weighted by Crippen LogP contribution is -2.44. The first-order valence-corrected chi connectivity index (χ1v) is 19.9. The Morgan fingerprint density at radius 1 is 0.509 bits per heavy atom. The largest absolute Gasteiger partial charge is 0.462 e. The molecule has 0 aromatic rings. The second-order valence-corrected chi connectivity index (χ2v) is 18.1. The molecular weight excluding hydrogens is 740 g/mol. The van der Waals surface area contributed by atoms with Crippen molar-refractivity contribution in [2.75, 3.05) is 65.9 Å². The lowest BCUT2D eigenvalue weighted by Gasteiger charge is -2.46. The van der Waals surface area contributed by atoms with Gasteiger partial charge in [-0.1, -0.05) is 54.7 Å². The Balaban J connectivity index is 1.62. The summed E-state index contributed by atoms with van der Waals surface area (Å²) >= 11 is 0. The molecule has 0 bridgehead atoms. The van der Waals surface area contributed by atoms with Crippen molar-refractivity contribution in [1.82, 2.24) is 10.6 Å². The average Bonchev–Trinajstić information content (AvgIpc) is 3.07. The van der Waals surface area contributed by atoms with Crippen molar-refractivity contribution >= 4 is 36.1 Å². The Kier molecular flexibility index (Phi) is 19.5. The highest BCUT2D eigenvalue weighted by Crippen LogP contribution is 2.50.